The summed E-state index contributed by atoms with van der Waals surface area (Å²) >= 11 is 1.53. The molecule has 0 fully saturated rings. The van der Waals surface area contributed by atoms with Crippen LogP contribution < -0.4 is 9.64 Å². The van der Waals surface area contributed by atoms with E-state index in [0.717, 1.165) is 28.4 Å². The maximum Gasteiger partial charge on any atom is 0.257 e. The van der Waals surface area contributed by atoms with Gasteiger partial charge in [0.25, 0.3) is 5.91 Å². The molecular weight excluding hydrogens is 348 g/mol. The molecule has 1 heterocycles. The smallest absolute Gasteiger partial charge is 0.257 e. The molecule has 1 amide bonds. The number of aliphatic hydroxyl groups excluding tert-OH is 1. The Labute approximate surface area is 158 Å². The minimum Gasteiger partial charge on any atom is -0.497 e. The molecule has 0 aliphatic carbocycles. The number of methoxy groups -OCH3 is 1. The fraction of sp³-hybridized carbons (Fsp3) is 0.350. The number of aliphatic hydroxyl groups is 1. The molecule has 0 saturated carbocycles. The predicted molar refractivity (Wildman–Crippen MR) is 105 cm³/mol. The van der Waals surface area contributed by atoms with Gasteiger partial charge < -0.3 is 19.6 Å². The first-order valence-electron chi connectivity index (χ1n) is 8.55. The Kier molecular flexibility index (Phi) is 5.86. The first-order valence-corrected chi connectivity index (χ1v) is 9.43. The molecule has 0 radical (unpaired) electrons. The molecule has 6 heteroatoms. The van der Waals surface area contributed by atoms with E-state index in [1.807, 2.05) is 67.5 Å². The van der Waals surface area contributed by atoms with Crippen molar-refractivity contribution in [3.05, 3.63) is 54.1 Å². The molecule has 0 bridgehead atoms. The third kappa shape index (κ3) is 3.87. The quantitative estimate of drug-likeness (QED) is 0.875. The lowest BCUT2D eigenvalue weighted by molar-refractivity contribution is -0.126. The Morgan fingerprint density at radius 1 is 1.15 bits per heavy atom. The molecule has 26 heavy (non-hydrogen) atoms. The number of likely N-dealkylation sites (N-methyl/N-ethyl adjacent to an activating group) is 1. The summed E-state index contributed by atoms with van der Waals surface area (Å²) in [5.74, 6) is 0.492. The van der Waals surface area contributed by atoms with Gasteiger partial charge in [-0.1, -0.05) is 24.3 Å². The van der Waals surface area contributed by atoms with Gasteiger partial charge in [0.05, 0.1) is 18.0 Å². The first-order chi connectivity index (χ1) is 12.5. The number of anilines is 1. The van der Waals surface area contributed by atoms with Crippen molar-refractivity contribution in [2.45, 2.75) is 16.2 Å². The summed E-state index contributed by atoms with van der Waals surface area (Å²) in [4.78, 5) is 17.8. The van der Waals surface area contributed by atoms with Crippen LogP contribution in [-0.4, -0.2) is 56.3 Å². The third-order valence-electron chi connectivity index (χ3n) is 4.43. The second-order valence-electron chi connectivity index (χ2n) is 6.52. The van der Waals surface area contributed by atoms with E-state index >= 15 is 0 Å². The third-order valence-corrected chi connectivity index (χ3v) is 5.81. The van der Waals surface area contributed by atoms with Crippen LogP contribution >= 0.6 is 11.8 Å². The molecule has 1 aliphatic rings. The van der Waals surface area contributed by atoms with Gasteiger partial charge in [-0.25, -0.2) is 0 Å². The molecule has 0 aromatic heterocycles. The number of ether oxygens (including phenoxy) is 1. The van der Waals surface area contributed by atoms with Crippen LogP contribution in [0.4, 0.5) is 5.69 Å². The lowest BCUT2D eigenvalue weighted by Gasteiger charge is -2.26. The van der Waals surface area contributed by atoms with Gasteiger partial charge in [-0.05, 0) is 43.9 Å². The van der Waals surface area contributed by atoms with Crippen LogP contribution in [0.1, 0.15) is 10.8 Å². The van der Waals surface area contributed by atoms with Gasteiger partial charge in [0.1, 0.15) is 11.9 Å². The average molecular weight is 372 g/mol. The summed E-state index contributed by atoms with van der Waals surface area (Å²) in [7, 11) is 5.56. The highest BCUT2D eigenvalue weighted by molar-refractivity contribution is 7.99. The minimum absolute atomic E-state index is 0.259. The second-order valence-corrected chi connectivity index (χ2v) is 7.70. The maximum atomic E-state index is 13.0. The van der Waals surface area contributed by atoms with E-state index in [1.165, 1.54) is 11.8 Å². The van der Waals surface area contributed by atoms with Crippen molar-refractivity contribution >= 4 is 23.4 Å². The monoisotopic (exact) mass is 372 g/mol. The van der Waals surface area contributed by atoms with Crippen LogP contribution in [0.15, 0.2) is 53.4 Å². The molecule has 1 aliphatic heterocycles. The van der Waals surface area contributed by atoms with Crippen molar-refractivity contribution in [2.24, 2.45) is 0 Å². The number of carbonyl (C=O) groups is 1. The molecule has 0 unspecified atom stereocenters. The summed E-state index contributed by atoms with van der Waals surface area (Å²) in [6.45, 7) is 1.26. The maximum absolute atomic E-state index is 13.0. The fourth-order valence-electron chi connectivity index (χ4n) is 2.96. The van der Waals surface area contributed by atoms with E-state index in [4.69, 9.17) is 4.74 Å². The number of carbonyl (C=O) groups excluding carboxylic acids is 1. The Bertz CT molecular complexity index is 764. The number of para-hydroxylation sites is 1. The number of benzene rings is 2. The summed E-state index contributed by atoms with van der Waals surface area (Å²) in [5, 5.41) is 10.5. The molecular formula is C20H24N2O3S. The zero-order chi connectivity index (χ0) is 18.7. The lowest BCUT2D eigenvalue weighted by atomic mass is 10.1. The molecule has 138 valence electrons. The number of hydrogen-bond donors (Lipinski definition) is 1. The Morgan fingerprint density at radius 3 is 2.50 bits per heavy atom. The topological polar surface area (TPSA) is 53.0 Å². The van der Waals surface area contributed by atoms with Crippen LogP contribution in [0.5, 0.6) is 5.75 Å². The van der Waals surface area contributed by atoms with Crippen molar-refractivity contribution in [3.8, 4) is 5.75 Å². The van der Waals surface area contributed by atoms with Crippen molar-refractivity contribution in [2.75, 3.05) is 39.2 Å². The second kappa shape index (κ2) is 8.12. The van der Waals surface area contributed by atoms with E-state index in [2.05, 4.69) is 0 Å². The van der Waals surface area contributed by atoms with E-state index < -0.39 is 6.10 Å². The van der Waals surface area contributed by atoms with Crippen LogP contribution in [0.2, 0.25) is 0 Å². The van der Waals surface area contributed by atoms with Gasteiger partial charge in [-0.15, -0.1) is 11.8 Å². The Morgan fingerprint density at radius 2 is 1.85 bits per heavy atom. The number of thioether (sulfide) groups is 1. The molecule has 2 atom stereocenters. The number of nitrogens with zero attached hydrogens (tertiary/aromatic N) is 2. The van der Waals surface area contributed by atoms with Crippen LogP contribution in [0.25, 0.3) is 0 Å². The van der Waals surface area contributed by atoms with Gasteiger partial charge in [0.2, 0.25) is 0 Å². The molecule has 1 N–H and O–H groups in total. The normalized spacial score (nSPS) is 20.0. The van der Waals surface area contributed by atoms with Crippen molar-refractivity contribution in [1.29, 1.82) is 0 Å². The molecule has 0 spiro atoms. The fourth-order valence-corrected chi connectivity index (χ4v) is 4.23. The summed E-state index contributed by atoms with van der Waals surface area (Å²) in [6.07, 6.45) is -1.11. The van der Waals surface area contributed by atoms with Crippen molar-refractivity contribution in [1.82, 2.24) is 4.90 Å². The van der Waals surface area contributed by atoms with Crippen LogP contribution in [0.3, 0.4) is 0 Å². The Balaban J connectivity index is 1.97. The van der Waals surface area contributed by atoms with Crippen molar-refractivity contribution < 1.29 is 14.6 Å². The highest BCUT2D eigenvalue weighted by Crippen LogP contribution is 2.45. The molecule has 2 aromatic rings. The number of hydrogen-bond acceptors (Lipinski definition) is 5. The van der Waals surface area contributed by atoms with Gasteiger partial charge in [0, 0.05) is 18.0 Å². The number of rotatable bonds is 5. The molecule has 3 rings (SSSR count). The van der Waals surface area contributed by atoms with E-state index in [1.54, 1.807) is 12.0 Å². The van der Waals surface area contributed by atoms with E-state index in [0.29, 0.717) is 6.54 Å². The highest BCUT2D eigenvalue weighted by Gasteiger charge is 2.37. The Hall–Kier alpha value is -2.02. The predicted octanol–water partition coefficient (Wildman–Crippen LogP) is 2.80. The molecule has 2 aromatic carbocycles. The minimum atomic E-state index is -1.11. The zero-order valence-electron chi connectivity index (χ0n) is 15.3. The zero-order valence-corrected chi connectivity index (χ0v) is 16.1. The van der Waals surface area contributed by atoms with Gasteiger partial charge >= 0.3 is 0 Å². The van der Waals surface area contributed by atoms with E-state index in [9.17, 15) is 9.90 Å². The summed E-state index contributed by atoms with van der Waals surface area (Å²) in [5.41, 5.74) is 1.76. The van der Waals surface area contributed by atoms with Gasteiger partial charge in [-0.2, -0.15) is 0 Å². The van der Waals surface area contributed by atoms with Crippen LogP contribution in [-0.2, 0) is 4.79 Å². The molecule has 0 saturated heterocycles. The SMILES string of the molecule is COc1ccc([C@H]2Sc3ccccc3N(CCN(C)C)C(=O)[C@H]2O)cc1. The summed E-state index contributed by atoms with van der Waals surface area (Å²) < 4.78 is 5.21. The first kappa shape index (κ1) is 18.8. The van der Waals surface area contributed by atoms with Crippen LogP contribution in [0, 0.1) is 0 Å². The number of amides is 1. The lowest BCUT2D eigenvalue weighted by Crippen LogP contribution is -2.43. The largest absolute Gasteiger partial charge is 0.497 e. The standard InChI is InChI=1S/C20H24N2O3S/c1-21(2)12-13-22-16-6-4-5-7-17(16)26-19(18(23)20(22)24)14-8-10-15(25-3)11-9-14/h4-11,18-19,23H,12-13H2,1-3H3/t18-,19+/m0/s1. The van der Waals surface area contributed by atoms with E-state index in [-0.39, 0.29) is 11.2 Å². The van der Waals surface area contributed by atoms with Crippen molar-refractivity contribution in [3.63, 3.8) is 0 Å². The van der Waals surface area contributed by atoms with Gasteiger partial charge in [0.15, 0.2) is 0 Å². The van der Waals surface area contributed by atoms with Gasteiger partial charge in [-0.3, -0.25) is 4.79 Å². The highest BCUT2D eigenvalue weighted by atomic mass is 32.2. The summed E-state index contributed by atoms with van der Waals surface area (Å²) in [6, 6.07) is 15.4. The average Bonchev–Trinajstić information content (AvgIpc) is 2.76. The molecule has 5 nitrogen and oxygen atoms in total. The number of fused-ring (bicyclic) bond motifs is 1.